The van der Waals surface area contributed by atoms with E-state index in [9.17, 15) is 4.79 Å². The maximum absolute atomic E-state index is 10.7. The molecule has 0 aromatic carbocycles. The van der Waals surface area contributed by atoms with Gasteiger partial charge in [0.25, 0.3) is 0 Å². The van der Waals surface area contributed by atoms with E-state index in [1.165, 1.54) is 0 Å². The van der Waals surface area contributed by atoms with Crippen LogP contribution in [0.5, 0.6) is 0 Å². The van der Waals surface area contributed by atoms with Gasteiger partial charge < -0.3 is 4.98 Å². The summed E-state index contributed by atoms with van der Waals surface area (Å²) in [5.41, 5.74) is 2.36. The number of carbonyl (C=O) groups is 1. The van der Waals surface area contributed by atoms with Crippen LogP contribution >= 0.6 is 0 Å². The summed E-state index contributed by atoms with van der Waals surface area (Å²) in [4.78, 5) is 17.8. The van der Waals surface area contributed by atoms with Crippen molar-refractivity contribution in [2.45, 2.75) is 6.92 Å². The average Bonchev–Trinajstić information content (AvgIpc) is 2.40. The molecule has 2 rings (SSSR count). The van der Waals surface area contributed by atoms with E-state index in [0.717, 1.165) is 23.0 Å². The number of nitrogens with zero attached hydrogens (tertiary/aromatic N) is 1. The molecule has 0 aliphatic rings. The molecule has 2 heterocycles. The molecular formula is C9H8N2O. The number of carbonyl (C=O) groups excluding carboxylic acids is 1. The van der Waals surface area contributed by atoms with Crippen molar-refractivity contribution in [1.82, 2.24) is 9.97 Å². The zero-order valence-corrected chi connectivity index (χ0v) is 6.66. The molecule has 0 fully saturated rings. The van der Waals surface area contributed by atoms with E-state index in [-0.39, 0.29) is 0 Å². The lowest BCUT2D eigenvalue weighted by Crippen LogP contribution is -1.79. The predicted molar refractivity (Wildman–Crippen MR) is 46.2 cm³/mol. The Morgan fingerprint density at radius 1 is 1.58 bits per heavy atom. The Hall–Kier alpha value is -1.64. The standard InChI is InChI=1S/C9H8N2O/c1-6-8(5-12)7-3-2-4-10-9(7)11-6/h2-5H,1H3,(H,10,11). The number of aromatic nitrogens is 2. The van der Waals surface area contributed by atoms with Gasteiger partial charge in [-0.15, -0.1) is 0 Å². The second kappa shape index (κ2) is 2.44. The SMILES string of the molecule is Cc1[nH]c2ncccc2c1C=O. The third-order valence-corrected chi connectivity index (χ3v) is 1.93. The minimum Gasteiger partial charge on any atom is -0.343 e. The Bertz CT molecular complexity index is 431. The van der Waals surface area contributed by atoms with E-state index in [1.54, 1.807) is 6.20 Å². The van der Waals surface area contributed by atoms with E-state index < -0.39 is 0 Å². The molecule has 0 spiro atoms. The second-order valence-electron chi connectivity index (χ2n) is 2.68. The van der Waals surface area contributed by atoms with Crippen LogP contribution in [0.2, 0.25) is 0 Å². The highest BCUT2D eigenvalue weighted by molar-refractivity contribution is 5.97. The molecule has 0 aliphatic carbocycles. The van der Waals surface area contributed by atoms with Crippen molar-refractivity contribution >= 4 is 17.3 Å². The number of aromatic amines is 1. The number of H-pyrrole nitrogens is 1. The van der Waals surface area contributed by atoms with Gasteiger partial charge in [0, 0.05) is 22.8 Å². The maximum Gasteiger partial charge on any atom is 0.152 e. The molecule has 0 unspecified atom stereocenters. The van der Waals surface area contributed by atoms with E-state index in [4.69, 9.17) is 0 Å². The fourth-order valence-electron chi connectivity index (χ4n) is 1.32. The van der Waals surface area contributed by atoms with Gasteiger partial charge in [0.05, 0.1) is 0 Å². The first kappa shape index (κ1) is 7.03. The van der Waals surface area contributed by atoms with Crippen molar-refractivity contribution in [3.63, 3.8) is 0 Å². The van der Waals surface area contributed by atoms with Crippen molar-refractivity contribution in [2.75, 3.05) is 0 Å². The normalized spacial score (nSPS) is 10.4. The van der Waals surface area contributed by atoms with E-state index in [1.807, 2.05) is 19.1 Å². The largest absolute Gasteiger partial charge is 0.343 e. The number of hydrogen-bond acceptors (Lipinski definition) is 2. The fourth-order valence-corrected chi connectivity index (χ4v) is 1.32. The molecule has 3 heteroatoms. The Morgan fingerprint density at radius 3 is 3.17 bits per heavy atom. The summed E-state index contributed by atoms with van der Waals surface area (Å²) in [5, 5.41) is 0.894. The van der Waals surface area contributed by atoms with Gasteiger partial charge in [0.1, 0.15) is 5.65 Å². The van der Waals surface area contributed by atoms with E-state index in [0.29, 0.717) is 5.56 Å². The van der Waals surface area contributed by atoms with Gasteiger partial charge in [0.2, 0.25) is 0 Å². The minimum atomic E-state index is 0.707. The first-order valence-corrected chi connectivity index (χ1v) is 3.71. The Balaban J connectivity index is 2.90. The maximum atomic E-state index is 10.7. The summed E-state index contributed by atoms with van der Waals surface area (Å²) in [6.45, 7) is 1.87. The zero-order chi connectivity index (χ0) is 8.55. The number of aryl methyl sites for hydroxylation is 1. The van der Waals surface area contributed by atoms with Crippen LogP contribution in [0, 0.1) is 6.92 Å². The first-order valence-electron chi connectivity index (χ1n) is 3.71. The Labute approximate surface area is 69.4 Å². The van der Waals surface area contributed by atoms with Crippen LogP contribution in [0.15, 0.2) is 18.3 Å². The van der Waals surface area contributed by atoms with Crippen molar-refractivity contribution in [3.8, 4) is 0 Å². The lowest BCUT2D eigenvalue weighted by molar-refractivity contribution is 0.112. The van der Waals surface area contributed by atoms with Crippen LogP contribution in [0.4, 0.5) is 0 Å². The second-order valence-corrected chi connectivity index (χ2v) is 2.68. The van der Waals surface area contributed by atoms with Crippen molar-refractivity contribution in [2.24, 2.45) is 0 Å². The molecule has 60 valence electrons. The van der Waals surface area contributed by atoms with Crippen LogP contribution in [-0.2, 0) is 0 Å². The lowest BCUT2D eigenvalue weighted by atomic mass is 10.2. The van der Waals surface area contributed by atoms with Crippen molar-refractivity contribution in [3.05, 3.63) is 29.6 Å². The highest BCUT2D eigenvalue weighted by Crippen LogP contribution is 2.17. The molecule has 0 atom stereocenters. The number of pyridine rings is 1. The van der Waals surface area contributed by atoms with Gasteiger partial charge in [-0.2, -0.15) is 0 Å². The third kappa shape index (κ3) is 0.830. The summed E-state index contributed by atoms with van der Waals surface area (Å²) >= 11 is 0. The van der Waals surface area contributed by atoms with Crippen LogP contribution in [0.3, 0.4) is 0 Å². The van der Waals surface area contributed by atoms with Gasteiger partial charge in [-0.3, -0.25) is 4.79 Å². The molecule has 3 nitrogen and oxygen atoms in total. The van der Waals surface area contributed by atoms with Gasteiger partial charge in [-0.25, -0.2) is 4.98 Å². The van der Waals surface area contributed by atoms with Crippen molar-refractivity contribution < 1.29 is 4.79 Å². The number of fused-ring (bicyclic) bond motifs is 1. The van der Waals surface area contributed by atoms with E-state index in [2.05, 4.69) is 9.97 Å². The lowest BCUT2D eigenvalue weighted by Gasteiger charge is -1.86. The van der Waals surface area contributed by atoms with Gasteiger partial charge in [-0.1, -0.05) is 0 Å². The van der Waals surface area contributed by atoms with E-state index >= 15 is 0 Å². The monoisotopic (exact) mass is 160 g/mol. The quantitative estimate of drug-likeness (QED) is 0.645. The van der Waals surface area contributed by atoms with Crippen LogP contribution in [-0.4, -0.2) is 16.3 Å². The number of rotatable bonds is 1. The molecule has 12 heavy (non-hydrogen) atoms. The predicted octanol–water partition coefficient (Wildman–Crippen LogP) is 1.68. The van der Waals surface area contributed by atoms with Gasteiger partial charge in [0.15, 0.2) is 6.29 Å². The van der Waals surface area contributed by atoms with Gasteiger partial charge in [-0.05, 0) is 19.1 Å². The summed E-state index contributed by atoms with van der Waals surface area (Å²) < 4.78 is 0. The fraction of sp³-hybridized carbons (Fsp3) is 0.111. The number of nitrogens with one attached hydrogen (secondary N) is 1. The zero-order valence-electron chi connectivity index (χ0n) is 6.66. The highest BCUT2D eigenvalue weighted by atomic mass is 16.1. The molecule has 0 amide bonds. The summed E-state index contributed by atoms with van der Waals surface area (Å²) in [6, 6.07) is 3.71. The van der Waals surface area contributed by atoms with Crippen LogP contribution in [0.25, 0.3) is 11.0 Å². The topological polar surface area (TPSA) is 45.8 Å². The summed E-state index contributed by atoms with van der Waals surface area (Å²) in [5.74, 6) is 0. The number of hydrogen-bond donors (Lipinski definition) is 1. The molecule has 0 saturated heterocycles. The molecule has 0 radical (unpaired) electrons. The van der Waals surface area contributed by atoms with Crippen LogP contribution in [0.1, 0.15) is 16.1 Å². The molecule has 0 aliphatic heterocycles. The summed E-state index contributed by atoms with van der Waals surface area (Å²) in [6.07, 6.45) is 2.56. The minimum absolute atomic E-state index is 0.707. The third-order valence-electron chi connectivity index (χ3n) is 1.93. The Kier molecular flexibility index (Phi) is 1.43. The number of aldehydes is 1. The molecule has 0 bridgehead atoms. The molecule has 2 aromatic rings. The molecule has 0 saturated carbocycles. The smallest absolute Gasteiger partial charge is 0.152 e. The summed E-state index contributed by atoms with van der Waals surface area (Å²) in [7, 11) is 0. The Morgan fingerprint density at radius 2 is 2.42 bits per heavy atom. The highest BCUT2D eigenvalue weighted by Gasteiger charge is 2.06. The molecule has 1 N–H and O–H groups in total. The first-order chi connectivity index (χ1) is 5.83. The molecule has 2 aromatic heterocycles. The molecular weight excluding hydrogens is 152 g/mol. The van der Waals surface area contributed by atoms with Gasteiger partial charge >= 0.3 is 0 Å². The van der Waals surface area contributed by atoms with Crippen LogP contribution < -0.4 is 0 Å². The average molecular weight is 160 g/mol. The van der Waals surface area contributed by atoms with Crippen molar-refractivity contribution in [1.29, 1.82) is 0 Å².